The molecule has 2 aromatic rings. The highest BCUT2D eigenvalue weighted by Gasteiger charge is 2.14. The number of nitrogens with zero attached hydrogens (tertiary/aromatic N) is 1. The first-order chi connectivity index (χ1) is 8.97. The molecule has 0 amide bonds. The molecule has 0 fully saturated rings. The van der Waals surface area contributed by atoms with Gasteiger partial charge in [0.1, 0.15) is 5.76 Å². The van der Waals surface area contributed by atoms with E-state index in [-0.39, 0.29) is 16.7 Å². The number of nitro groups is 1. The van der Waals surface area contributed by atoms with E-state index in [0.717, 1.165) is 5.76 Å². The summed E-state index contributed by atoms with van der Waals surface area (Å²) in [7, 11) is 0. The molecule has 1 aromatic heterocycles. The fraction of sp³-hybridized carbons (Fsp3) is 0.231. The largest absolute Gasteiger partial charge is 0.452 e. The number of aryl methyl sites for hydroxylation is 1. The van der Waals surface area contributed by atoms with Crippen LogP contribution in [0.5, 0.6) is 0 Å². The minimum Gasteiger partial charge on any atom is -0.452 e. The molecule has 5 nitrogen and oxygen atoms in total. The van der Waals surface area contributed by atoms with Crippen LogP contribution < -0.4 is 5.32 Å². The van der Waals surface area contributed by atoms with E-state index in [1.807, 2.05) is 25.1 Å². The van der Waals surface area contributed by atoms with Gasteiger partial charge >= 0.3 is 0 Å². The van der Waals surface area contributed by atoms with Crippen molar-refractivity contribution in [2.75, 3.05) is 5.32 Å². The van der Waals surface area contributed by atoms with Gasteiger partial charge in [-0.1, -0.05) is 6.07 Å². The molecule has 6 heteroatoms. The van der Waals surface area contributed by atoms with Crippen LogP contribution in [-0.4, -0.2) is 4.92 Å². The number of furan rings is 1. The van der Waals surface area contributed by atoms with E-state index in [1.54, 1.807) is 13.0 Å². The highest BCUT2D eigenvalue weighted by Crippen LogP contribution is 2.27. The van der Waals surface area contributed by atoms with Crippen molar-refractivity contribution in [2.45, 2.75) is 19.9 Å². The Bertz CT molecular complexity index is 610. The smallest absolute Gasteiger partial charge is 0.274 e. The highest BCUT2D eigenvalue weighted by molar-refractivity contribution is 9.10. The molecule has 100 valence electrons. The van der Waals surface area contributed by atoms with Crippen molar-refractivity contribution in [1.82, 2.24) is 0 Å². The summed E-state index contributed by atoms with van der Waals surface area (Å²) in [4.78, 5) is 10.5. The lowest BCUT2D eigenvalue weighted by Gasteiger charge is -2.13. The minimum atomic E-state index is -0.380. The Morgan fingerprint density at radius 2 is 2.11 bits per heavy atom. The van der Waals surface area contributed by atoms with E-state index < -0.39 is 0 Å². The second-order valence-corrected chi connectivity index (χ2v) is 5.05. The second-order valence-electron chi connectivity index (χ2n) is 4.27. The van der Waals surface area contributed by atoms with Crippen LogP contribution in [0.1, 0.15) is 24.3 Å². The van der Waals surface area contributed by atoms with Gasteiger partial charge in [0.15, 0.2) is 4.67 Å². The normalized spacial score (nSPS) is 12.2. The Hall–Kier alpha value is -1.82. The van der Waals surface area contributed by atoms with Crippen molar-refractivity contribution < 1.29 is 9.34 Å². The van der Waals surface area contributed by atoms with Gasteiger partial charge in [0, 0.05) is 17.3 Å². The van der Waals surface area contributed by atoms with E-state index in [1.165, 1.54) is 6.07 Å². The van der Waals surface area contributed by atoms with E-state index in [0.29, 0.717) is 15.9 Å². The fourth-order valence-corrected chi connectivity index (χ4v) is 2.10. The van der Waals surface area contributed by atoms with E-state index in [4.69, 9.17) is 4.42 Å². The second kappa shape index (κ2) is 5.44. The van der Waals surface area contributed by atoms with Gasteiger partial charge in [-0.15, -0.1) is 0 Å². The van der Waals surface area contributed by atoms with Crippen molar-refractivity contribution in [3.63, 3.8) is 0 Å². The zero-order valence-corrected chi connectivity index (χ0v) is 12.1. The summed E-state index contributed by atoms with van der Waals surface area (Å²) in [5.74, 6) is 0.759. The summed E-state index contributed by atoms with van der Waals surface area (Å²) in [6.45, 7) is 3.64. The molecule has 19 heavy (non-hydrogen) atoms. The predicted octanol–water partition coefficient (Wildman–Crippen LogP) is 4.43. The summed E-state index contributed by atoms with van der Waals surface area (Å²) >= 11 is 3.24. The Labute approximate surface area is 118 Å². The number of nitro benzene ring substituents is 1. The molecule has 0 aliphatic rings. The lowest BCUT2D eigenvalue weighted by atomic mass is 10.1. The molecule has 0 radical (unpaired) electrons. The maximum absolute atomic E-state index is 10.9. The van der Waals surface area contributed by atoms with Gasteiger partial charge in [0.05, 0.1) is 11.0 Å². The molecule has 0 aliphatic heterocycles. The Kier molecular flexibility index (Phi) is 3.90. The van der Waals surface area contributed by atoms with Crippen molar-refractivity contribution in [2.24, 2.45) is 0 Å². The average Bonchev–Trinajstić information content (AvgIpc) is 2.78. The van der Waals surface area contributed by atoms with Crippen molar-refractivity contribution in [1.29, 1.82) is 0 Å². The van der Waals surface area contributed by atoms with Crippen LogP contribution in [0.2, 0.25) is 0 Å². The first kappa shape index (κ1) is 13.6. The monoisotopic (exact) mass is 324 g/mol. The van der Waals surface area contributed by atoms with Crippen LogP contribution in [0.15, 0.2) is 39.4 Å². The third kappa shape index (κ3) is 3.14. The maximum Gasteiger partial charge on any atom is 0.274 e. The molecule has 0 spiro atoms. The first-order valence-corrected chi connectivity index (χ1v) is 6.53. The third-order valence-electron chi connectivity index (χ3n) is 2.81. The lowest BCUT2D eigenvalue weighted by molar-refractivity contribution is -0.385. The zero-order chi connectivity index (χ0) is 14.0. The molecule has 1 N–H and O–H groups in total. The van der Waals surface area contributed by atoms with Crippen LogP contribution in [0.25, 0.3) is 0 Å². The topological polar surface area (TPSA) is 68.3 Å². The number of hydrogen-bond acceptors (Lipinski definition) is 4. The summed E-state index contributed by atoms with van der Waals surface area (Å²) in [5, 5.41) is 14.1. The van der Waals surface area contributed by atoms with Crippen molar-refractivity contribution >= 4 is 27.3 Å². The fourth-order valence-electron chi connectivity index (χ4n) is 1.78. The summed E-state index contributed by atoms with van der Waals surface area (Å²) in [6, 6.07) is 8.66. The van der Waals surface area contributed by atoms with Gasteiger partial charge in [0.25, 0.3) is 5.69 Å². The Morgan fingerprint density at radius 3 is 2.68 bits per heavy atom. The molecule has 1 unspecified atom stereocenters. The molecule has 0 aliphatic carbocycles. The number of anilines is 1. The van der Waals surface area contributed by atoms with Gasteiger partial charge in [-0.05, 0) is 48.0 Å². The Balaban J connectivity index is 2.19. The third-order valence-corrected chi connectivity index (χ3v) is 3.24. The quantitative estimate of drug-likeness (QED) is 0.667. The van der Waals surface area contributed by atoms with Crippen LogP contribution >= 0.6 is 15.9 Å². The summed E-state index contributed by atoms with van der Waals surface area (Å²) in [6.07, 6.45) is 0. The average molecular weight is 325 g/mol. The van der Waals surface area contributed by atoms with Crippen molar-refractivity contribution in [3.05, 3.63) is 56.4 Å². The number of hydrogen-bond donors (Lipinski definition) is 1. The summed E-state index contributed by atoms with van der Waals surface area (Å²) < 4.78 is 6.10. The minimum absolute atomic E-state index is 0.0754. The Morgan fingerprint density at radius 1 is 1.37 bits per heavy atom. The molecule has 2 rings (SSSR count). The molecular weight excluding hydrogens is 312 g/mol. The first-order valence-electron chi connectivity index (χ1n) is 5.74. The molecule has 0 saturated heterocycles. The molecule has 0 bridgehead atoms. The van der Waals surface area contributed by atoms with Gasteiger partial charge in [0.2, 0.25) is 0 Å². The zero-order valence-electron chi connectivity index (χ0n) is 10.5. The van der Waals surface area contributed by atoms with Crippen molar-refractivity contribution in [3.8, 4) is 0 Å². The van der Waals surface area contributed by atoms with Gasteiger partial charge < -0.3 is 9.73 Å². The lowest BCUT2D eigenvalue weighted by Crippen LogP contribution is -2.06. The van der Waals surface area contributed by atoms with Gasteiger partial charge in [-0.3, -0.25) is 10.1 Å². The van der Waals surface area contributed by atoms with Gasteiger partial charge in [-0.25, -0.2) is 0 Å². The predicted molar refractivity (Wildman–Crippen MR) is 76.3 cm³/mol. The van der Waals surface area contributed by atoms with Crippen LogP contribution in [0.3, 0.4) is 0 Å². The maximum atomic E-state index is 10.9. The van der Waals surface area contributed by atoms with Crippen LogP contribution in [-0.2, 0) is 0 Å². The standard InChI is InChI=1S/C13H13BrN2O3/c1-8-3-4-10(7-11(8)16(17)18)15-9(2)12-5-6-13(14)19-12/h3-7,9,15H,1-2H3. The van der Waals surface area contributed by atoms with E-state index in [9.17, 15) is 10.1 Å². The number of benzene rings is 1. The van der Waals surface area contributed by atoms with Gasteiger partial charge in [-0.2, -0.15) is 0 Å². The molecule has 1 heterocycles. The number of halogens is 1. The van der Waals surface area contributed by atoms with E-state index >= 15 is 0 Å². The molecular formula is C13H13BrN2O3. The van der Waals surface area contributed by atoms with Crippen LogP contribution in [0, 0.1) is 17.0 Å². The van der Waals surface area contributed by atoms with E-state index in [2.05, 4.69) is 21.2 Å². The SMILES string of the molecule is Cc1ccc(NC(C)c2ccc(Br)o2)cc1[N+](=O)[O-]. The molecule has 1 atom stereocenters. The highest BCUT2D eigenvalue weighted by atomic mass is 79.9. The molecule has 1 aromatic carbocycles. The number of rotatable bonds is 4. The molecule has 0 saturated carbocycles. The number of nitrogens with one attached hydrogen (secondary N) is 1. The van der Waals surface area contributed by atoms with Crippen LogP contribution in [0.4, 0.5) is 11.4 Å². The summed E-state index contributed by atoms with van der Waals surface area (Å²) in [5.41, 5.74) is 1.44.